The van der Waals surface area contributed by atoms with Gasteiger partial charge >= 0.3 is 11.9 Å². The van der Waals surface area contributed by atoms with E-state index in [1.807, 2.05) is 0 Å². The second-order valence-corrected chi connectivity index (χ2v) is 2.82. The Kier molecular flexibility index (Phi) is 3.02. The molecule has 0 bridgehead atoms. The monoisotopic (exact) mass is 207 g/mol. The van der Waals surface area contributed by atoms with Crippen molar-refractivity contribution >= 4 is 11.9 Å². The van der Waals surface area contributed by atoms with E-state index in [2.05, 4.69) is 0 Å². The summed E-state index contributed by atoms with van der Waals surface area (Å²) in [6, 6.07) is 3.32. The Bertz CT molecular complexity index is 422. The highest BCUT2D eigenvalue weighted by Gasteiger charge is 2.62. The normalized spacial score (nSPS) is 13.7. The molecule has 0 amide bonds. The number of rotatable bonds is 3. The van der Waals surface area contributed by atoms with Crippen molar-refractivity contribution < 1.29 is 19.8 Å². The topological polar surface area (TPSA) is 146 Å². The van der Waals surface area contributed by atoms with Gasteiger partial charge in [-0.3, -0.25) is 4.79 Å². The zero-order chi connectivity index (χ0) is 12.3. The van der Waals surface area contributed by atoms with Crippen molar-refractivity contribution in [1.29, 1.82) is 15.8 Å². The summed E-state index contributed by atoms with van der Waals surface area (Å²) in [5.41, 5.74) is -5.55. The fraction of sp³-hybridized carbons (Fsp3) is 0.375. The first-order valence-corrected chi connectivity index (χ1v) is 3.53. The van der Waals surface area contributed by atoms with Crippen LogP contribution >= 0.6 is 0 Å². The van der Waals surface area contributed by atoms with Crippen LogP contribution in [0.3, 0.4) is 0 Å². The summed E-state index contributed by atoms with van der Waals surface area (Å²) in [4.78, 5) is 21.5. The number of nitriles is 3. The van der Waals surface area contributed by atoms with Gasteiger partial charge in [0.15, 0.2) is 5.41 Å². The predicted octanol–water partition coefficient (Wildman–Crippen LogP) is -0.281. The number of nitrogens with zero attached hydrogens (tertiary/aromatic N) is 3. The van der Waals surface area contributed by atoms with Gasteiger partial charge in [0.1, 0.15) is 0 Å². The molecule has 7 heteroatoms. The lowest BCUT2D eigenvalue weighted by atomic mass is 9.66. The molecule has 0 aliphatic rings. The van der Waals surface area contributed by atoms with Crippen molar-refractivity contribution in [2.75, 3.05) is 0 Å². The van der Waals surface area contributed by atoms with Gasteiger partial charge in [-0.15, -0.1) is 0 Å². The van der Waals surface area contributed by atoms with Crippen LogP contribution in [0.25, 0.3) is 0 Å². The zero-order valence-electron chi connectivity index (χ0n) is 7.55. The Morgan fingerprint density at radius 2 is 1.40 bits per heavy atom. The molecule has 15 heavy (non-hydrogen) atoms. The summed E-state index contributed by atoms with van der Waals surface area (Å²) in [6.45, 7) is 0.718. The summed E-state index contributed by atoms with van der Waals surface area (Å²) in [7, 11) is 0. The quantitative estimate of drug-likeness (QED) is 0.646. The van der Waals surface area contributed by atoms with Crippen molar-refractivity contribution in [3.63, 3.8) is 0 Å². The maximum absolute atomic E-state index is 10.7. The molecule has 0 aromatic heterocycles. The first-order valence-electron chi connectivity index (χ1n) is 3.53. The van der Waals surface area contributed by atoms with Crippen LogP contribution in [0.15, 0.2) is 0 Å². The molecule has 1 atom stereocenters. The van der Waals surface area contributed by atoms with Crippen molar-refractivity contribution in [3.05, 3.63) is 0 Å². The van der Waals surface area contributed by atoms with E-state index in [0.717, 1.165) is 19.1 Å². The molecule has 1 unspecified atom stereocenters. The van der Waals surface area contributed by atoms with Crippen LogP contribution in [0, 0.1) is 44.8 Å². The highest BCUT2D eigenvalue weighted by Crippen LogP contribution is 2.38. The standard InChI is InChI=1S/C8H5N3O4/c1-7(2-9,5(12)13)8(3-10,4-11)6(14)15/h1H3,(H,12,13)(H,14,15). The van der Waals surface area contributed by atoms with E-state index in [9.17, 15) is 9.59 Å². The van der Waals surface area contributed by atoms with Gasteiger partial charge in [-0.2, -0.15) is 15.8 Å². The van der Waals surface area contributed by atoms with E-state index in [1.54, 1.807) is 0 Å². The van der Waals surface area contributed by atoms with Gasteiger partial charge in [0.25, 0.3) is 5.41 Å². The van der Waals surface area contributed by atoms with Crippen LogP contribution in [0.5, 0.6) is 0 Å². The molecule has 76 valence electrons. The van der Waals surface area contributed by atoms with Gasteiger partial charge in [-0.05, 0) is 6.92 Å². The SMILES string of the molecule is CC(C#N)(C(=O)O)C(C#N)(C#N)C(=O)O. The van der Waals surface area contributed by atoms with Gasteiger partial charge < -0.3 is 10.2 Å². The van der Waals surface area contributed by atoms with E-state index in [-0.39, 0.29) is 0 Å². The van der Waals surface area contributed by atoms with Crippen LogP contribution in [0.1, 0.15) is 6.92 Å². The van der Waals surface area contributed by atoms with Crippen LogP contribution in [-0.2, 0) is 9.59 Å². The van der Waals surface area contributed by atoms with Crippen LogP contribution in [0.2, 0.25) is 0 Å². The molecule has 0 aromatic carbocycles. The highest BCUT2D eigenvalue weighted by atomic mass is 16.4. The summed E-state index contributed by atoms with van der Waals surface area (Å²) in [6.07, 6.45) is 0. The molecule has 7 nitrogen and oxygen atoms in total. The second-order valence-electron chi connectivity index (χ2n) is 2.82. The molecule has 0 aliphatic carbocycles. The molecule has 0 fully saturated rings. The van der Waals surface area contributed by atoms with Crippen molar-refractivity contribution in [3.8, 4) is 18.2 Å². The molecule has 0 heterocycles. The fourth-order valence-corrected chi connectivity index (χ4v) is 0.850. The van der Waals surface area contributed by atoms with Crippen LogP contribution in [0.4, 0.5) is 0 Å². The van der Waals surface area contributed by atoms with E-state index in [1.165, 1.54) is 6.07 Å². The Hall–Kier alpha value is -2.59. The third-order valence-electron chi connectivity index (χ3n) is 2.06. The second kappa shape index (κ2) is 3.65. The smallest absolute Gasteiger partial charge is 0.341 e. The lowest BCUT2D eigenvalue weighted by Gasteiger charge is -2.25. The van der Waals surface area contributed by atoms with E-state index < -0.39 is 22.8 Å². The molecule has 0 saturated carbocycles. The van der Waals surface area contributed by atoms with Gasteiger partial charge in [-0.1, -0.05) is 0 Å². The van der Waals surface area contributed by atoms with Gasteiger partial charge in [0, 0.05) is 0 Å². The lowest BCUT2D eigenvalue weighted by Crippen LogP contribution is -2.48. The maximum atomic E-state index is 10.7. The molecular weight excluding hydrogens is 202 g/mol. The third kappa shape index (κ3) is 1.34. The lowest BCUT2D eigenvalue weighted by molar-refractivity contribution is -0.159. The summed E-state index contributed by atoms with van der Waals surface area (Å²) >= 11 is 0. The van der Waals surface area contributed by atoms with Crippen LogP contribution in [-0.4, -0.2) is 22.2 Å². The molecule has 0 aromatic rings. The Morgan fingerprint density at radius 1 is 1.00 bits per heavy atom. The molecule has 0 saturated heterocycles. The summed E-state index contributed by atoms with van der Waals surface area (Å²) in [5, 5.41) is 43.2. The molecule has 2 N–H and O–H groups in total. The minimum absolute atomic E-state index is 0.718. The maximum Gasteiger partial charge on any atom is 0.341 e. The minimum Gasteiger partial charge on any atom is -0.480 e. The van der Waals surface area contributed by atoms with Crippen LogP contribution < -0.4 is 0 Å². The first-order chi connectivity index (χ1) is 6.82. The van der Waals surface area contributed by atoms with Gasteiger partial charge in [0.2, 0.25) is 0 Å². The molecule has 0 spiro atoms. The number of carboxylic acids is 2. The number of carboxylic acid groups (broad SMARTS) is 2. The average Bonchev–Trinajstić information content (AvgIpc) is 2.19. The minimum atomic E-state index is -2.92. The van der Waals surface area contributed by atoms with Crippen molar-refractivity contribution in [2.45, 2.75) is 6.92 Å². The number of carbonyl (C=O) groups is 2. The number of hydrogen-bond acceptors (Lipinski definition) is 5. The Morgan fingerprint density at radius 3 is 1.47 bits per heavy atom. The molecule has 0 rings (SSSR count). The zero-order valence-corrected chi connectivity index (χ0v) is 7.55. The van der Waals surface area contributed by atoms with Gasteiger partial charge in [0.05, 0.1) is 18.2 Å². The summed E-state index contributed by atoms with van der Waals surface area (Å²) < 4.78 is 0. The largest absolute Gasteiger partial charge is 0.480 e. The predicted molar refractivity (Wildman–Crippen MR) is 42.7 cm³/mol. The molecular formula is C8H5N3O4. The number of hydrogen-bond donors (Lipinski definition) is 2. The Labute approximate surface area is 84.4 Å². The number of aliphatic carboxylic acids is 2. The Balaban J connectivity index is 6.03. The van der Waals surface area contributed by atoms with E-state index in [4.69, 9.17) is 26.0 Å². The summed E-state index contributed by atoms with van der Waals surface area (Å²) in [5.74, 6) is -3.80. The van der Waals surface area contributed by atoms with Crippen molar-refractivity contribution in [2.24, 2.45) is 10.8 Å². The third-order valence-corrected chi connectivity index (χ3v) is 2.06. The van der Waals surface area contributed by atoms with E-state index >= 15 is 0 Å². The van der Waals surface area contributed by atoms with E-state index in [0.29, 0.717) is 0 Å². The fourth-order valence-electron chi connectivity index (χ4n) is 0.850. The molecule has 0 aliphatic heterocycles. The van der Waals surface area contributed by atoms with Gasteiger partial charge in [-0.25, -0.2) is 4.79 Å². The van der Waals surface area contributed by atoms with Crippen molar-refractivity contribution in [1.82, 2.24) is 0 Å². The first kappa shape index (κ1) is 12.4. The highest BCUT2D eigenvalue weighted by molar-refractivity contribution is 5.93. The molecule has 0 radical (unpaired) electrons. The average molecular weight is 207 g/mol.